The topological polar surface area (TPSA) is 160 Å². The molecule has 2 fully saturated rings. The SMILES string of the molecule is CC1(P(=O)(O)O)OC2C(CO)OC(n3ccc(=O)[nH]c3=O)C2O1. The third-order valence-electron chi connectivity index (χ3n) is 3.83. The summed E-state index contributed by atoms with van der Waals surface area (Å²) in [5, 5.41) is 9.36. The van der Waals surface area contributed by atoms with Gasteiger partial charge in [-0.2, -0.15) is 0 Å². The van der Waals surface area contributed by atoms with Gasteiger partial charge in [-0.25, -0.2) is 4.79 Å². The lowest BCUT2D eigenvalue weighted by Crippen LogP contribution is -2.37. The molecule has 2 saturated heterocycles. The summed E-state index contributed by atoms with van der Waals surface area (Å²) in [5.41, 5.74) is -3.60. The molecular weight excluding hydrogens is 335 g/mol. The van der Waals surface area contributed by atoms with Gasteiger partial charge >= 0.3 is 13.3 Å². The van der Waals surface area contributed by atoms with Gasteiger partial charge < -0.3 is 29.1 Å². The van der Waals surface area contributed by atoms with Crippen molar-refractivity contribution in [1.29, 1.82) is 0 Å². The molecule has 0 aromatic carbocycles. The smallest absolute Gasteiger partial charge is 0.384 e. The maximum atomic E-state index is 11.9. The average Bonchev–Trinajstić information content (AvgIpc) is 2.94. The molecule has 0 saturated carbocycles. The summed E-state index contributed by atoms with van der Waals surface area (Å²) < 4.78 is 28.7. The molecule has 11 nitrogen and oxygen atoms in total. The van der Waals surface area contributed by atoms with E-state index in [9.17, 15) is 29.0 Å². The lowest BCUT2D eigenvalue weighted by Gasteiger charge is -2.27. The first-order valence-electron chi connectivity index (χ1n) is 6.65. The molecule has 1 aromatic heterocycles. The number of ether oxygens (including phenoxy) is 3. The zero-order valence-corrected chi connectivity index (χ0v) is 12.8. The normalized spacial score (nSPS) is 37.0. The molecule has 2 aliphatic rings. The average molecular weight is 350 g/mol. The molecule has 0 aliphatic carbocycles. The third kappa shape index (κ3) is 2.60. The van der Waals surface area contributed by atoms with Crippen molar-refractivity contribution < 1.29 is 33.7 Å². The van der Waals surface area contributed by atoms with E-state index < -0.39 is 55.5 Å². The highest BCUT2D eigenvalue weighted by Crippen LogP contribution is 2.58. The van der Waals surface area contributed by atoms with Gasteiger partial charge in [-0.15, -0.1) is 0 Å². The molecular formula is C11H15N2O9P. The van der Waals surface area contributed by atoms with E-state index >= 15 is 0 Å². The van der Waals surface area contributed by atoms with Crippen LogP contribution in [-0.2, 0) is 18.8 Å². The number of hydrogen-bond acceptors (Lipinski definition) is 7. The van der Waals surface area contributed by atoms with Crippen LogP contribution in [0, 0.1) is 0 Å². The van der Waals surface area contributed by atoms with Gasteiger partial charge in [-0.1, -0.05) is 0 Å². The van der Waals surface area contributed by atoms with E-state index in [1.165, 1.54) is 6.20 Å². The predicted octanol–water partition coefficient (Wildman–Crippen LogP) is -1.94. The molecule has 3 rings (SSSR count). The number of aromatic amines is 1. The summed E-state index contributed by atoms with van der Waals surface area (Å²) in [4.78, 5) is 43.8. The van der Waals surface area contributed by atoms with Crippen molar-refractivity contribution in [2.45, 2.75) is 37.0 Å². The molecule has 0 amide bonds. The molecule has 5 unspecified atom stereocenters. The van der Waals surface area contributed by atoms with E-state index in [0.717, 1.165) is 17.6 Å². The summed E-state index contributed by atoms with van der Waals surface area (Å²) in [7, 11) is -4.78. The Labute approximate surface area is 128 Å². The number of H-pyrrole nitrogens is 1. The molecule has 0 radical (unpaired) electrons. The van der Waals surface area contributed by atoms with Crippen molar-refractivity contribution in [3.63, 3.8) is 0 Å². The highest BCUT2D eigenvalue weighted by Gasteiger charge is 2.63. The highest BCUT2D eigenvalue weighted by molar-refractivity contribution is 7.53. The van der Waals surface area contributed by atoms with Gasteiger partial charge in [0.15, 0.2) is 6.23 Å². The molecule has 3 heterocycles. The second kappa shape index (κ2) is 5.35. The first-order valence-corrected chi connectivity index (χ1v) is 8.26. The summed E-state index contributed by atoms with van der Waals surface area (Å²) in [5.74, 6) is 0. The summed E-state index contributed by atoms with van der Waals surface area (Å²) in [6, 6.07) is 1.09. The summed E-state index contributed by atoms with van der Waals surface area (Å²) in [6.07, 6.45) is -2.93. The zero-order valence-electron chi connectivity index (χ0n) is 11.9. The van der Waals surface area contributed by atoms with E-state index in [-0.39, 0.29) is 0 Å². The number of nitrogens with zero attached hydrogens (tertiary/aromatic N) is 1. The van der Waals surface area contributed by atoms with Gasteiger partial charge in [-0.05, 0) is 0 Å². The third-order valence-corrected chi connectivity index (χ3v) is 5.10. The number of aromatic nitrogens is 2. The van der Waals surface area contributed by atoms with Crippen LogP contribution < -0.4 is 11.2 Å². The van der Waals surface area contributed by atoms with Crippen LogP contribution in [0.1, 0.15) is 13.2 Å². The van der Waals surface area contributed by atoms with Crippen molar-refractivity contribution in [3.05, 3.63) is 33.1 Å². The Morgan fingerprint density at radius 3 is 2.57 bits per heavy atom. The molecule has 2 aliphatic heterocycles. The monoisotopic (exact) mass is 350 g/mol. The van der Waals surface area contributed by atoms with Crippen molar-refractivity contribution in [2.75, 3.05) is 6.61 Å². The molecule has 23 heavy (non-hydrogen) atoms. The molecule has 0 spiro atoms. The Morgan fingerprint density at radius 2 is 2.00 bits per heavy atom. The maximum Gasteiger partial charge on any atom is 0.384 e. The van der Waals surface area contributed by atoms with Gasteiger partial charge in [-0.3, -0.25) is 18.9 Å². The standard InChI is InChI=1S/C11H15N2O9P/c1-11(23(17,18)19)21-7-5(4-14)20-9(8(7)22-11)13-3-2-6(15)12-10(13)16/h2-3,5,7-9,14H,4H2,1H3,(H,12,15,16)(H2,17,18,19). The molecule has 128 valence electrons. The van der Waals surface area contributed by atoms with Gasteiger partial charge in [0.25, 0.3) is 11.1 Å². The Hall–Kier alpha value is -1.33. The van der Waals surface area contributed by atoms with Crippen molar-refractivity contribution in [1.82, 2.24) is 9.55 Å². The lowest BCUT2D eigenvalue weighted by atomic mass is 10.1. The number of aliphatic hydroxyl groups excluding tert-OH is 1. The van der Waals surface area contributed by atoms with E-state index in [1.807, 2.05) is 4.98 Å². The highest BCUT2D eigenvalue weighted by atomic mass is 31.2. The van der Waals surface area contributed by atoms with Crippen LogP contribution in [0.4, 0.5) is 0 Å². The fourth-order valence-electron chi connectivity index (χ4n) is 2.64. The van der Waals surface area contributed by atoms with Gasteiger partial charge in [0, 0.05) is 19.2 Å². The van der Waals surface area contributed by atoms with Crippen LogP contribution in [0.5, 0.6) is 0 Å². The number of fused-ring (bicyclic) bond motifs is 1. The van der Waals surface area contributed by atoms with Gasteiger partial charge in [0.2, 0.25) is 0 Å². The van der Waals surface area contributed by atoms with Crippen LogP contribution in [0.15, 0.2) is 21.9 Å². The quantitative estimate of drug-likeness (QED) is 0.455. The molecule has 5 atom stereocenters. The minimum atomic E-state index is -4.78. The minimum Gasteiger partial charge on any atom is -0.394 e. The first kappa shape index (κ1) is 16.5. The van der Waals surface area contributed by atoms with E-state index in [4.69, 9.17) is 14.2 Å². The van der Waals surface area contributed by atoms with Crippen molar-refractivity contribution >= 4 is 7.60 Å². The Bertz CT molecular complexity index is 769. The second-order valence-corrected chi connectivity index (χ2v) is 7.27. The van der Waals surface area contributed by atoms with Crippen LogP contribution in [-0.4, -0.2) is 54.9 Å². The number of aliphatic hydroxyl groups is 1. The van der Waals surface area contributed by atoms with Crippen molar-refractivity contribution in [2.24, 2.45) is 0 Å². The Morgan fingerprint density at radius 1 is 1.35 bits per heavy atom. The Balaban J connectivity index is 2.00. The fraction of sp³-hybridized carbons (Fsp3) is 0.636. The molecule has 4 N–H and O–H groups in total. The molecule has 0 bridgehead atoms. The van der Waals surface area contributed by atoms with Crippen LogP contribution >= 0.6 is 7.60 Å². The van der Waals surface area contributed by atoms with Crippen LogP contribution in [0.3, 0.4) is 0 Å². The lowest BCUT2D eigenvalue weighted by molar-refractivity contribution is -0.175. The fourth-order valence-corrected chi connectivity index (χ4v) is 3.16. The molecule has 1 aromatic rings. The van der Waals surface area contributed by atoms with E-state index in [0.29, 0.717) is 0 Å². The first-order chi connectivity index (χ1) is 10.7. The number of hydrogen-bond donors (Lipinski definition) is 4. The van der Waals surface area contributed by atoms with Crippen LogP contribution in [0.25, 0.3) is 0 Å². The summed E-state index contributed by atoms with van der Waals surface area (Å²) in [6.45, 7) is 0.573. The van der Waals surface area contributed by atoms with E-state index in [1.54, 1.807) is 0 Å². The van der Waals surface area contributed by atoms with Crippen LogP contribution in [0.2, 0.25) is 0 Å². The van der Waals surface area contributed by atoms with E-state index in [2.05, 4.69) is 0 Å². The largest absolute Gasteiger partial charge is 0.394 e. The summed E-state index contributed by atoms with van der Waals surface area (Å²) >= 11 is 0. The predicted molar refractivity (Wildman–Crippen MR) is 72.5 cm³/mol. The second-order valence-electron chi connectivity index (χ2n) is 5.37. The van der Waals surface area contributed by atoms with Gasteiger partial charge in [0.05, 0.1) is 6.61 Å². The minimum absolute atomic E-state index is 0.504. The maximum absolute atomic E-state index is 11.9. The Kier molecular flexibility index (Phi) is 3.84. The zero-order chi connectivity index (χ0) is 17.0. The number of nitrogens with one attached hydrogen (secondary N) is 1. The molecule has 12 heteroatoms. The van der Waals surface area contributed by atoms with Gasteiger partial charge in [0.1, 0.15) is 18.3 Å². The number of rotatable bonds is 3. The van der Waals surface area contributed by atoms with Crippen molar-refractivity contribution in [3.8, 4) is 0 Å².